The van der Waals surface area contributed by atoms with Crippen LogP contribution in [0.25, 0.3) is 0 Å². The number of benzene rings is 2. The molecule has 0 N–H and O–H groups in total. The molecule has 0 aliphatic carbocycles. The molecule has 2 aromatic rings. The van der Waals surface area contributed by atoms with Gasteiger partial charge >= 0.3 is 0 Å². The van der Waals surface area contributed by atoms with Crippen molar-refractivity contribution >= 4 is 0 Å². The predicted molar refractivity (Wildman–Crippen MR) is 93.1 cm³/mol. The van der Waals surface area contributed by atoms with Gasteiger partial charge in [-0.15, -0.1) is 0 Å². The Morgan fingerprint density at radius 2 is 1.59 bits per heavy atom. The van der Waals surface area contributed by atoms with Crippen molar-refractivity contribution in [3.8, 4) is 0 Å². The zero-order chi connectivity index (χ0) is 15.4. The summed E-state index contributed by atoms with van der Waals surface area (Å²) in [6.07, 6.45) is 0. The molecule has 0 aromatic heterocycles. The van der Waals surface area contributed by atoms with Crippen LogP contribution in [0.2, 0.25) is 0 Å². The SMILES string of the molecule is CC(CN1CCN(C)CC1c1ccccc1)c1ccccc1. The molecule has 2 atom stereocenters. The minimum Gasteiger partial charge on any atom is -0.303 e. The molecule has 2 aromatic carbocycles. The molecule has 116 valence electrons. The summed E-state index contributed by atoms with van der Waals surface area (Å²) in [5.74, 6) is 0.566. The third-order valence-electron chi connectivity index (χ3n) is 4.76. The van der Waals surface area contributed by atoms with Crippen LogP contribution < -0.4 is 0 Å². The van der Waals surface area contributed by atoms with Crippen LogP contribution in [-0.2, 0) is 0 Å². The summed E-state index contributed by atoms with van der Waals surface area (Å²) in [7, 11) is 2.23. The molecule has 22 heavy (non-hydrogen) atoms. The van der Waals surface area contributed by atoms with Gasteiger partial charge in [-0.2, -0.15) is 0 Å². The monoisotopic (exact) mass is 294 g/mol. The number of nitrogens with zero attached hydrogens (tertiary/aromatic N) is 2. The van der Waals surface area contributed by atoms with Crippen molar-refractivity contribution in [1.29, 1.82) is 0 Å². The maximum Gasteiger partial charge on any atom is 0.0475 e. The van der Waals surface area contributed by atoms with Crippen LogP contribution in [-0.4, -0.2) is 43.0 Å². The van der Waals surface area contributed by atoms with Crippen molar-refractivity contribution in [2.24, 2.45) is 0 Å². The van der Waals surface area contributed by atoms with E-state index in [-0.39, 0.29) is 0 Å². The molecular formula is C20H26N2. The van der Waals surface area contributed by atoms with Crippen molar-refractivity contribution < 1.29 is 0 Å². The van der Waals surface area contributed by atoms with Gasteiger partial charge < -0.3 is 4.90 Å². The molecule has 1 saturated heterocycles. The molecular weight excluding hydrogens is 268 g/mol. The summed E-state index contributed by atoms with van der Waals surface area (Å²) in [5, 5.41) is 0. The molecule has 2 heteroatoms. The summed E-state index contributed by atoms with van der Waals surface area (Å²) >= 11 is 0. The molecule has 2 nitrogen and oxygen atoms in total. The van der Waals surface area contributed by atoms with Gasteiger partial charge in [-0.3, -0.25) is 4.90 Å². The first kappa shape index (κ1) is 15.3. The van der Waals surface area contributed by atoms with Gasteiger partial charge in [-0.05, 0) is 24.1 Å². The fourth-order valence-corrected chi connectivity index (χ4v) is 3.41. The van der Waals surface area contributed by atoms with E-state index in [4.69, 9.17) is 0 Å². The van der Waals surface area contributed by atoms with Gasteiger partial charge in [0.25, 0.3) is 0 Å². The van der Waals surface area contributed by atoms with E-state index < -0.39 is 0 Å². The second-order valence-corrected chi connectivity index (χ2v) is 6.50. The lowest BCUT2D eigenvalue weighted by Crippen LogP contribution is -2.47. The molecule has 1 fully saturated rings. The average molecular weight is 294 g/mol. The molecule has 0 saturated carbocycles. The third-order valence-corrected chi connectivity index (χ3v) is 4.76. The van der Waals surface area contributed by atoms with Crippen LogP contribution in [0.4, 0.5) is 0 Å². The van der Waals surface area contributed by atoms with Crippen molar-refractivity contribution in [2.75, 3.05) is 33.2 Å². The highest BCUT2D eigenvalue weighted by Crippen LogP contribution is 2.27. The Morgan fingerprint density at radius 1 is 0.955 bits per heavy atom. The zero-order valence-electron chi connectivity index (χ0n) is 13.7. The number of piperazine rings is 1. The summed E-state index contributed by atoms with van der Waals surface area (Å²) < 4.78 is 0. The lowest BCUT2D eigenvalue weighted by molar-refractivity contribution is 0.0853. The lowest BCUT2D eigenvalue weighted by atomic mass is 9.97. The zero-order valence-corrected chi connectivity index (χ0v) is 13.7. The third kappa shape index (κ3) is 3.57. The van der Waals surface area contributed by atoms with E-state index in [9.17, 15) is 0 Å². The number of hydrogen-bond donors (Lipinski definition) is 0. The van der Waals surface area contributed by atoms with E-state index in [1.165, 1.54) is 11.1 Å². The van der Waals surface area contributed by atoms with Crippen molar-refractivity contribution in [3.05, 3.63) is 71.8 Å². The van der Waals surface area contributed by atoms with E-state index in [0.717, 1.165) is 26.2 Å². The summed E-state index contributed by atoms with van der Waals surface area (Å²) in [6.45, 7) is 6.89. The van der Waals surface area contributed by atoms with Gasteiger partial charge in [0.05, 0.1) is 0 Å². The molecule has 0 amide bonds. The Hall–Kier alpha value is -1.64. The Bertz CT molecular complexity index is 567. The Balaban J connectivity index is 1.75. The van der Waals surface area contributed by atoms with E-state index in [1.807, 2.05) is 0 Å². The fraction of sp³-hybridized carbons (Fsp3) is 0.400. The van der Waals surface area contributed by atoms with Gasteiger partial charge in [0.15, 0.2) is 0 Å². The van der Waals surface area contributed by atoms with E-state index in [1.54, 1.807) is 0 Å². The smallest absolute Gasteiger partial charge is 0.0475 e. The Kier molecular flexibility index (Phi) is 4.91. The first-order valence-corrected chi connectivity index (χ1v) is 8.26. The Morgan fingerprint density at radius 3 is 2.27 bits per heavy atom. The number of hydrogen-bond acceptors (Lipinski definition) is 2. The van der Waals surface area contributed by atoms with Crippen LogP contribution in [0, 0.1) is 0 Å². The minimum atomic E-state index is 0.506. The number of likely N-dealkylation sites (N-methyl/N-ethyl adjacent to an activating group) is 1. The molecule has 2 unspecified atom stereocenters. The summed E-state index contributed by atoms with van der Waals surface area (Å²) in [5.41, 5.74) is 2.88. The first-order valence-electron chi connectivity index (χ1n) is 8.26. The lowest BCUT2D eigenvalue weighted by Gasteiger charge is -2.41. The maximum absolute atomic E-state index is 2.66. The topological polar surface area (TPSA) is 6.48 Å². The van der Waals surface area contributed by atoms with Crippen LogP contribution in [0.3, 0.4) is 0 Å². The van der Waals surface area contributed by atoms with Crippen molar-refractivity contribution in [1.82, 2.24) is 9.80 Å². The van der Waals surface area contributed by atoms with Crippen LogP contribution >= 0.6 is 0 Å². The van der Waals surface area contributed by atoms with Gasteiger partial charge in [0, 0.05) is 32.2 Å². The average Bonchev–Trinajstić information content (AvgIpc) is 2.58. The molecule has 1 aliphatic heterocycles. The van der Waals surface area contributed by atoms with E-state index >= 15 is 0 Å². The quantitative estimate of drug-likeness (QED) is 0.847. The molecule has 0 bridgehead atoms. The van der Waals surface area contributed by atoms with E-state index in [0.29, 0.717) is 12.0 Å². The second-order valence-electron chi connectivity index (χ2n) is 6.50. The summed E-state index contributed by atoms with van der Waals surface area (Å²) in [4.78, 5) is 5.11. The minimum absolute atomic E-state index is 0.506. The van der Waals surface area contributed by atoms with Crippen molar-refractivity contribution in [2.45, 2.75) is 18.9 Å². The van der Waals surface area contributed by atoms with Crippen molar-refractivity contribution in [3.63, 3.8) is 0 Å². The summed E-state index contributed by atoms with van der Waals surface area (Å²) in [6, 6.07) is 22.3. The maximum atomic E-state index is 2.66. The predicted octanol–water partition coefficient (Wildman–Crippen LogP) is 3.78. The molecule has 1 aliphatic rings. The first-order chi connectivity index (χ1) is 10.7. The van der Waals surface area contributed by atoms with Gasteiger partial charge in [0.2, 0.25) is 0 Å². The Labute approximate surface area is 134 Å². The van der Waals surface area contributed by atoms with Crippen LogP contribution in [0.15, 0.2) is 60.7 Å². The van der Waals surface area contributed by atoms with E-state index in [2.05, 4.69) is 84.4 Å². The molecule has 0 spiro atoms. The molecule has 3 rings (SSSR count). The van der Waals surface area contributed by atoms with Gasteiger partial charge in [-0.25, -0.2) is 0 Å². The highest BCUT2D eigenvalue weighted by atomic mass is 15.3. The second kappa shape index (κ2) is 7.08. The molecule has 1 heterocycles. The highest BCUT2D eigenvalue weighted by Gasteiger charge is 2.27. The fourth-order valence-electron chi connectivity index (χ4n) is 3.41. The standard InChI is InChI=1S/C20H26N2/c1-17(18-9-5-3-6-10-18)15-22-14-13-21(2)16-20(22)19-11-7-4-8-12-19/h3-12,17,20H,13-16H2,1-2H3. The normalized spacial score (nSPS) is 21.6. The van der Waals surface area contributed by atoms with Crippen LogP contribution in [0.1, 0.15) is 30.0 Å². The number of rotatable bonds is 4. The molecule has 0 radical (unpaired) electrons. The largest absolute Gasteiger partial charge is 0.303 e. The van der Waals surface area contributed by atoms with Crippen LogP contribution in [0.5, 0.6) is 0 Å². The van der Waals surface area contributed by atoms with Gasteiger partial charge in [0.1, 0.15) is 0 Å². The van der Waals surface area contributed by atoms with Gasteiger partial charge in [-0.1, -0.05) is 67.6 Å². The highest BCUT2D eigenvalue weighted by molar-refractivity contribution is 5.22.